The summed E-state index contributed by atoms with van der Waals surface area (Å²) in [5.74, 6) is 3.33. The third-order valence-electron chi connectivity index (χ3n) is 4.51. The molecule has 2 N–H and O–H groups in total. The summed E-state index contributed by atoms with van der Waals surface area (Å²) in [6, 6.07) is 12.9. The van der Waals surface area contributed by atoms with Gasteiger partial charge in [-0.25, -0.2) is 0 Å². The van der Waals surface area contributed by atoms with Crippen molar-refractivity contribution in [1.29, 1.82) is 0 Å². The van der Waals surface area contributed by atoms with Crippen LogP contribution in [-0.4, -0.2) is 58.9 Å². The van der Waals surface area contributed by atoms with E-state index in [2.05, 4.69) is 67.1 Å². The molecule has 0 amide bonds. The van der Waals surface area contributed by atoms with Crippen LogP contribution in [0.4, 0.5) is 0 Å². The zero-order valence-electron chi connectivity index (χ0n) is 18.9. The number of nitrogens with zero attached hydrogens (tertiary/aromatic N) is 3. The standard InChI is InChI=1S/C10H18N2S.C8H18N2.C6H6/c1-2-3-4-5-6-11-7-9-12(13)10-8-11;1-6(2)10(7(3)4)8(5)9;1-2-4-6-5-3-1/h1,13H,3-10H2;6-7H,5,9H2,1-4H3;1-6H. The maximum Gasteiger partial charge on any atom is 0.0916 e. The highest BCUT2D eigenvalue weighted by Gasteiger charge is 2.13. The van der Waals surface area contributed by atoms with Crippen molar-refractivity contribution in [3.63, 3.8) is 0 Å². The van der Waals surface area contributed by atoms with E-state index in [1.165, 1.54) is 13.0 Å². The van der Waals surface area contributed by atoms with Gasteiger partial charge in [-0.15, -0.1) is 12.3 Å². The minimum atomic E-state index is 0.442. The molecule has 0 aliphatic carbocycles. The smallest absolute Gasteiger partial charge is 0.0916 e. The van der Waals surface area contributed by atoms with E-state index < -0.39 is 0 Å². The molecule has 4 nitrogen and oxygen atoms in total. The molecule has 0 radical (unpaired) electrons. The molecule has 0 atom stereocenters. The Balaban J connectivity index is 0.000000433. The van der Waals surface area contributed by atoms with E-state index in [9.17, 15) is 0 Å². The maximum atomic E-state index is 5.57. The lowest BCUT2D eigenvalue weighted by Gasteiger charge is -2.32. The topological polar surface area (TPSA) is 35.7 Å². The number of nitrogens with two attached hydrogens (primary N) is 1. The molecule has 29 heavy (non-hydrogen) atoms. The van der Waals surface area contributed by atoms with Gasteiger partial charge in [-0.1, -0.05) is 55.8 Å². The van der Waals surface area contributed by atoms with Crippen molar-refractivity contribution in [2.45, 2.75) is 59.0 Å². The number of hydrogen-bond acceptors (Lipinski definition) is 5. The lowest BCUT2D eigenvalue weighted by Crippen LogP contribution is -2.42. The Morgan fingerprint density at radius 2 is 1.45 bits per heavy atom. The second kappa shape index (κ2) is 17.3. The van der Waals surface area contributed by atoms with E-state index >= 15 is 0 Å². The van der Waals surface area contributed by atoms with Crippen LogP contribution in [0.1, 0.15) is 47.0 Å². The number of hydrogen-bond donors (Lipinski definition) is 2. The quantitative estimate of drug-likeness (QED) is 0.389. The van der Waals surface area contributed by atoms with Crippen molar-refractivity contribution in [2.24, 2.45) is 5.73 Å². The zero-order chi connectivity index (χ0) is 22.1. The first-order valence-electron chi connectivity index (χ1n) is 10.6. The molecule has 1 aromatic carbocycles. The lowest BCUT2D eigenvalue weighted by molar-refractivity contribution is 0.195. The highest BCUT2D eigenvalue weighted by molar-refractivity contribution is 7.77. The minimum absolute atomic E-state index is 0.442. The Labute approximate surface area is 185 Å². The van der Waals surface area contributed by atoms with Crippen LogP contribution in [0.5, 0.6) is 0 Å². The van der Waals surface area contributed by atoms with Gasteiger partial charge in [-0.3, -0.25) is 4.31 Å². The number of terminal acetylenes is 1. The highest BCUT2D eigenvalue weighted by Crippen LogP contribution is 2.07. The molecule has 1 saturated heterocycles. The molecular formula is C24H42N4S. The van der Waals surface area contributed by atoms with Crippen LogP contribution in [-0.2, 0) is 0 Å². The van der Waals surface area contributed by atoms with Crippen molar-refractivity contribution in [3.8, 4) is 12.3 Å². The van der Waals surface area contributed by atoms with Crippen molar-refractivity contribution in [1.82, 2.24) is 14.1 Å². The summed E-state index contributed by atoms with van der Waals surface area (Å²) >= 11 is 4.31. The third-order valence-corrected chi connectivity index (χ3v) is 4.91. The van der Waals surface area contributed by atoms with Crippen LogP contribution in [0.25, 0.3) is 0 Å². The normalized spacial score (nSPS) is 14.3. The molecule has 0 aromatic heterocycles. The summed E-state index contributed by atoms with van der Waals surface area (Å²) in [7, 11) is 0. The van der Waals surface area contributed by atoms with Crippen LogP contribution in [0, 0.1) is 12.3 Å². The molecule has 0 bridgehead atoms. The fraction of sp³-hybridized carbons (Fsp3) is 0.583. The molecule has 1 fully saturated rings. The molecule has 1 aliphatic rings. The van der Waals surface area contributed by atoms with Gasteiger partial charge in [0.15, 0.2) is 0 Å². The monoisotopic (exact) mass is 418 g/mol. The zero-order valence-corrected chi connectivity index (χ0v) is 19.8. The molecule has 2 rings (SSSR count). The molecular weight excluding hydrogens is 376 g/mol. The molecule has 0 spiro atoms. The molecule has 0 saturated carbocycles. The first-order valence-corrected chi connectivity index (χ1v) is 11.0. The summed E-state index contributed by atoms with van der Waals surface area (Å²) < 4.78 is 2.08. The van der Waals surface area contributed by atoms with Crippen molar-refractivity contribution >= 4 is 12.8 Å². The number of benzene rings is 1. The van der Waals surface area contributed by atoms with E-state index in [1.807, 2.05) is 36.4 Å². The Hall–Kier alpha value is -1.61. The van der Waals surface area contributed by atoms with Crippen LogP contribution < -0.4 is 5.73 Å². The van der Waals surface area contributed by atoms with Crippen molar-refractivity contribution in [3.05, 3.63) is 48.8 Å². The number of unbranched alkanes of at least 4 members (excludes halogenated alkanes) is 2. The first-order chi connectivity index (χ1) is 13.8. The van der Waals surface area contributed by atoms with Crippen molar-refractivity contribution in [2.75, 3.05) is 32.7 Å². The van der Waals surface area contributed by atoms with Gasteiger partial charge in [0.05, 0.1) is 5.82 Å². The van der Waals surface area contributed by atoms with Crippen LogP contribution in [0.3, 0.4) is 0 Å². The lowest BCUT2D eigenvalue weighted by atomic mass is 10.2. The van der Waals surface area contributed by atoms with Crippen LogP contribution in [0.15, 0.2) is 48.8 Å². The Kier molecular flexibility index (Phi) is 16.3. The predicted octanol–water partition coefficient (Wildman–Crippen LogP) is 4.47. The Morgan fingerprint density at radius 3 is 1.76 bits per heavy atom. The number of rotatable bonds is 7. The third kappa shape index (κ3) is 15.0. The van der Waals surface area contributed by atoms with E-state index in [0.717, 1.165) is 39.0 Å². The van der Waals surface area contributed by atoms with E-state index in [-0.39, 0.29) is 0 Å². The van der Waals surface area contributed by atoms with Gasteiger partial charge in [0.25, 0.3) is 0 Å². The van der Waals surface area contributed by atoms with Gasteiger partial charge >= 0.3 is 0 Å². The van der Waals surface area contributed by atoms with Crippen LogP contribution >= 0.6 is 12.8 Å². The molecule has 1 heterocycles. The van der Waals surface area contributed by atoms with Crippen molar-refractivity contribution < 1.29 is 0 Å². The molecule has 5 heteroatoms. The van der Waals surface area contributed by atoms with Gasteiger partial charge in [-0.2, -0.15) is 0 Å². The average molecular weight is 419 g/mol. The maximum absolute atomic E-state index is 5.57. The second-order valence-corrected chi connectivity index (χ2v) is 8.26. The number of thiol groups is 1. The molecule has 1 aromatic rings. The fourth-order valence-corrected chi connectivity index (χ4v) is 3.35. The second-order valence-electron chi connectivity index (χ2n) is 7.70. The van der Waals surface area contributed by atoms with Gasteiger partial charge in [0.2, 0.25) is 0 Å². The Bertz CT molecular complexity index is 511. The molecule has 164 valence electrons. The summed E-state index contributed by atoms with van der Waals surface area (Å²) in [6.45, 7) is 17.8. The summed E-state index contributed by atoms with van der Waals surface area (Å²) in [5.41, 5.74) is 5.57. The van der Waals surface area contributed by atoms with E-state index in [0.29, 0.717) is 17.9 Å². The average Bonchev–Trinajstić information content (AvgIpc) is 2.68. The first kappa shape index (κ1) is 27.4. The summed E-state index contributed by atoms with van der Waals surface area (Å²) in [4.78, 5) is 4.57. The van der Waals surface area contributed by atoms with Gasteiger partial charge in [-0.05, 0) is 47.1 Å². The fourth-order valence-electron chi connectivity index (χ4n) is 3.17. The largest absolute Gasteiger partial charge is 0.386 e. The summed E-state index contributed by atoms with van der Waals surface area (Å²) in [6.07, 6.45) is 8.51. The molecule has 0 unspecified atom stereocenters. The highest BCUT2D eigenvalue weighted by atomic mass is 32.1. The predicted molar refractivity (Wildman–Crippen MR) is 132 cm³/mol. The van der Waals surface area contributed by atoms with Crippen LogP contribution in [0.2, 0.25) is 0 Å². The number of piperazine rings is 1. The van der Waals surface area contributed by atoms with Gasteiger partial charge < -0.3 is 15.5 Å². The van der Waals surface area contributed by atoms with Gasteiger partial charge in [0, 0.05) is 44.7 Å². The van der Waals surface area contributed by atoms with Gasteiger partial charge in [0.1, 0.15) is 0 Å². The van der Waals surface area contributed by atoms with E-state index in [4.69, 9.17) is 12.2 Å². The molecule has 1 aliphatic heterocycles. The SMILES string of the molecule is C#CCCCCN1CCN(S)CC1.C=C(N)N(C(C)C)C(C)C.c1ccccc1. The minimum Gasteiger partial charge on any atom is -0.386 e. The Morgan fingerprint density at radius 1 is 1.00 bits per heavy atom. The summed E-state index contributed by atoms with van der Waals surface area (Å²) in [5, 5.41) is 0. The van der Waals surface area contributed by atoms with E-state index in [1.54, 1.807) is 0 Å².